The molecule has 0 spiro atoms. The molecule has 120 valence electrons. The summed E-state index contributed by atoms with van der Waals surface area (Å²) in [7, 11) is 0. The minimum absolute atomic E-state index is 0.0864. The van der Waals surface area contributed by atoms with Crippen LogP contribution in [0.3, 0.4) is 0 Å². The van der Waals surface area contributed by atoms with Crippen molar-refractivity contribution in [2.24, 2.45) is 0 Å². The molecular formula is C14H21N5O3. The third-order valence-corrected chi connectivity index (χ3v) is 3.50. The minimum Gasteiger partial charge on any atom is -0.386 e. The van der Waals surface area contributed by atoms with E-state index >= 15 is 0 Å². The zero-order valence-electron chi connectivity index (χ0n) is 12.6. The van der Waals surface area contributed by atoms with Gasteiger partial charge in [-0.1, -0.05) is 0 Å². The van der Waals surface area contributed by atoms with Crippen molar-refractivity contribution in [3.05, 3.63) is 18.5 Å². The summed E-state index contributed by atoms with van der Waals surface area (Å²) in [5.74, 6) is -0.0131. The number of carbonyl (C=O) groups is 2. The van der Waals surface area contributed by atoms with Crippen LogP contribution in [0, 0.1) is 0 Å². The van der Waals surface area contributed by atoms with Crippen LogP contribution in [-0.4, -0.2) is 58.7 Å². The first kappa shape index (κ1) is 16.2. The van der Waals surface area contributed by atoms with E-state index in [4.69, 9.17) is 0 Å². The Morgan fingerprint density at radius 3 is 2.77 bits per heavy atom. The average molecular weight is 307 g/mol. The van der Waals surface area contributed by atoms with Gasteiger partial charge in [0.15, 0.2) is 0 Å². The van der Waals surface area contributed by atoms with Crippen LogP contribution < -0.4 is 15.5 Å². The number of hydrogen-bond acceptors (Lipinski definition) is 6. The lowest BCUT2D eigenvalue weighted by atomic mass is 9.93. The first-order valence-electron chi connectivity index (χ1n) is 7.24. The summed E-state index contributed by atoms with van der Waals surface area (Å²) >= 11 is 0. The Balaban J connectivity index is 1.87. The maximum Gasteiger partial charge on any atom is 0.239 e. The number of aromatic nitrogens is 2. The van der Waals surface area contributed by atoms with E-state index in [1.54, 1.807) is 18.5 Å². The quantitative estimate of drug-likeness (QED) is 0.648. The highest BCUT2D eigenvalue weighted by molar-refractivity contribution is 5.83. The predicted octanol–water partition coefficient (Wildman–Crippen LogP) is -0.940. The van der Waals surface area contributed by atoms with Crippen molar-refractivity contribution in [3.63, 3.8) is 0 Å². The first-order chi connectivity index (χ1) is 10.5. The van der Waals surface area contributed by atoms with E-state index in [-0.39, 0.29) is 24.9 Å². The fourth-order valence-corrected chi connectivity index (χ4v) is 2.41. The third-order valence-electron chi connectivity index (χ3n) is 3.50. The summed E-state index contributed by atoms with van der Waals surface area (Å²) in [5.41, 5.74) is -1.02. The molecule has 1 aliphatic heterocycles. The Morgan fingerprint density at radius 1 is 1.36 bits per heavy atom. The van der Waals surface area contributed by atoms with Crippen molar-refractivity contribution in [2.45, 2.75) is 25.4 Å². The van der Waals surface area contributed by atoms with E-state index in [1.807, 2.05) is 4.90 Å². The van der Waals surface area contributed by atoms with E-state index in [0.29, 0.717) is 18.9 Å². The number of nitrogens with one attached hydrogen (secondary N) is 2. The van der Waals surface area contributed by atoms with E-state index in [1.165, 1.54) is 6.92 Å². The van der Waals surface area contributed by atoms with Crippen molar-refractivity contribution in [1.29, 1.82) is 0 Å². The van der Waals surface area contributed by atoms with Gasteiger partial charge in [0.1, 0.15) is 0 Å². The first-order valence-corrected chi connectivity index (χ1v) is 7.24. The lowest BCUT2D eigenvalue weighted by Gasteiger charge is -2.39. The summed E-state index contributed by atoms with van der Waals surface area (Å²) < 4.78 is 0. The summed E-state index contributed by atoms with van der Waals surface area (Å²) in [6, 6.07) is 1.74. The molecule has 0 radical (unpaired) electrons. The molecule has 0 unspecified atom stereocenters. The molecule has 0 bridgehead atoms. The number of aliphatic hydroxyl groups is 1. The standard InChI is InChI=1S/C14H21N5O3/c1-11(20)17-8-12(21)18-9-14(22)4-2-7-19(10-14)13-15-5-3-6-16-13/h3,5-6,22H,2,4,7-10H2,1H3,(H,17,20)(H,18,21)/t14-/m0/s1. The predicted molar refractivity (Wildman–Crippen MR) is 80.1 cm³/mol. The van der Waals surface area contributed by atoms with Gasteiger partial charge < -0.3 is 20.6 Å². The Kier molecular flexibility index (Phi) is 5.26. The van der Waals surface area contributed by atoms with Crippen LogP contribution in [0.15, 0.2) is 18.5 Å². The molecule has 0 aliphatic carbocycles. The molecule has 1 fully saturated rings. The monoisotopic (exact) mass is 307 g/mol. The number of carbonyl (C=O) groups excluding carboxylic acids is 2. The minimum atomic E-state index is -1.02. The zero-order valence-corrected chi connectivity index (χ0v) is 12.6. The maximum absolute atomic E-state index is 11.6. The molecule has 1 aromatic rings. The molecule has 1 aliphatic rings. The van der Waals surface area contributed by atoms with Gasteiger partial charge >= 0.3 is 0 Å². The topological polar surface area (TPSA) is 107 Å². The van der Waals surface area contributed by atoms with Crippen molar-refractivity contribution < 1.29 is 14.7 Å². The number of hydrogen-bond donors (Lipinski definition) is 3. The summed E-state index contributed by atoms with van der Waals surface area (Å²) in [6.45, 7) is 2.52. The molecule has 2 amide bonds. The second-order valence-electron chi connectivity index (χ2n) is 5.48. The highest BCUT2D eigenvalue weighted by atomic mass is 16.3. The number of amides is 2. The molecule has 2 heterocycles. The van der Waals surface area contributed by atoms with E-state index < -0.39 is 5.60 Å². The van der Waals surface area contributed by atoms with Gasteiger partial charge in [-0.3, -0.25) is 9.59 Å². The fourth-order valence-electron chi connectivity index (χ4n) is 2.41. The Morgan fingerprint density at radius 2 is 2.09 bits per heavy atom. The van der Waals surface area contributed by atoms with E-state index in [2.05, 4.69) is 20.6 Å². The molecule has 1 aromatic heterocycles. The van der Waals surface area contributed by atoms with E-state index in [0.717, 1.165) is 13.0 Å². The Hall–Kier alpha value is -2.22. The van der Waals surface area contributed by atoms with Crippen LogP contribution in [0.4, 0.5) is 5.95 Å². The Bertz CT molecular complexity index is 524. The van der Waals surface area contributed by atoms with Crippen LogP contribution in [-0.2, 0) is 9.59 Å². The van der Waals surface area contributed by atoms with Gasteiger partial charge in [-0.15, -0.1) is 0 Å². The average Bonchev–Trinajstić information content (AvgIpc) is 2.52. The maximum atomic E-state index is 11.6. The van der Waals surface area contributed by atoms with Crippen LogP contribution in [0.1, 0.15) is 19.8 Å². The zero-order chi connectivity index (χ0) is 16.0. The molecule has 1 saturated heterocycles. The molecule has 8 heteroatoms. The largest absolute Gasteiger partial charge is 0.386 e. The number of piperidine rings is 1. The number of rotatable bonds is 5. The lowest BCUT2D eigenvalue weighted by molar-refractivity contribution is -0.125. The van der Waals surface area contributed by atoms with Gasteiger partial charge in [0, 0.05) is 32.4 Å². The molecule has 0 aromatic carbocycles. The van der Waals surface area contributed by atoms with Crippen molar-refractivity contribution in [1.82, 2.24) is 20.6 Å². The van der Waals surface area contributed by atoms with Gasteiger partial charge in [-0.05, 0) is 18.9 Å². The highest BCUT2D eigenvalue weighted by Crippen LogP contribution is 2.23. The summed E-state index contributed by atoms with van der Waals surface area (Å²) in [5, 5.41) is 15.7. The Labute approximate surface area is 128 Å². The van der Waals surface area contributed by atoms with Gasteiger partial charge in [-0.25, -0.2) is 9.97 Å². The lowest BCUT2D eigenvalue weighted by Crippen LogP contribution is -2.55. The normalized spacial score (nSPS) is 21.3. The summed E-state index contributed by atoms with van der Waals surface area (Å²) in [4.78, 5) is 32.6. The van der Waals surface area contributed by atoms with Crippen LogP contribution in [0.25, 0.3) is 0 Å². The van der Waals surface area contributed by atoms with Crippen LogP contribution >= 0.6 is 0 Å². The van der Waals surface area contributed by atoms with Gasteiger partial charge in [0.05, 0.1) is 18.7 Å². The number of β-amino-alcohol motifs (C(OH)–C–C–N with tert-alkyl or cyclic N) is 1. The van der Waals surface area contributed by atoms with Crippen molar-refractivity contribution in [2.75, 3.05) is 31.1 Å². The molecule has 3 N–H and O–H groups in total. The SMILES string of the molecule is CC(=O)NCC(=O)NC[C@@]1(O)CCCN(c2ncccn2)C1. The van der Waals surface area contributed by atoms with Crippen molar-refractivity contribution >= 4 is 17.8 Å². The van der Waals surface area contributed by atoms with E-state index in [9.17, 15) is 14.7 Å². The van der Waals surface area contributed by atoms with Gasteiger partial charge in [0.25, 0.3) is 0 Å². The highest BCUT2D eigenvalue weighted by Gasteiger charge is 2.34. The molecule has 22 heavy (non-hydrogen) atoms. The molecule has 0 saturated carbocycles. The number of anilines is 1. The fraction of sp³-hybridized carbons (Fsp3) is 0.571. The van der Waals surface area contributed by atoms with Crippen molar-refractivity contribution in [3.8, 4) is 0 Å². The summed E-state index contributed by atoms with van der Waals surface area (Å²) in [6.07, 6.45) is 4.70. The molecule has 1 atom stereocenters. The molecular weight excluding hydrogens is 286 g/mol. The third kappa shape index (κ3) is 4.66. The molecule has 2 rings (SSSR count). The second-order valence-corrected chi connectivity index (χ2v) is 5.48. The smallest absolute Gasteiger partial charge is 0.239 e. The molecule has 8 nitrogen and oxygen atoms in total. The van der Waals surface area contributed by atoms with Crippen LogP contribution in [0.2, 0.25) is 0 Å². The number of nitrogens with zero attached hydrogens (tertiary/aromatic N) is 3. The van der Waals surface area contributed by atoms with Crippen LogP contribution in [0.5, 0.6) is 0 Å². The van der Waals surface area contributed by atoms with Gasteiger partial charge in [0.2, 0.25) is 17.8 Å². The van der Waals surface area contributed by atoms with Gasteiger partial charge in [-0.2, -0.15) is 0 Å². The second kappa shape index (κ2) is 7.17.